The standard InChI is InChI=1S/C16H18N4O2S3/c1-3-20-13(18-19-15(20)23-10-14(21)22-4-2)9-24-16-17-11-7-5-6-8-12(11)25-16/h5-8H,3-4,9-10H2,1-2H3. The number of thioether (sulfide) groups is 2. The van der Waals surface area contributed by atoms with Crippen LogP contribution in [0.3, 0.4) is 0 Å². The van der Waals surface area contributed by atoms with Gasteiger partial charge >= 0.3 is 5.97 Å². The number of thiazole rings is 1. The molecule has 132 valence electrons. The molecule has 0 amide bonds. The second-order valence-corrected chi connectivity index (χ2v) is 8.17. The third kappa shape index (κ3) is 4.53. The highest BCUT2D eigenvalue weighted by molar-refractivity contribution is 8.00. The average Bonchev–Trinajstić information content (AvgIpc) is 3.21. The first kappa shape index (κ1) is 18.2. The Kier molecular flexibility index (Phi) is 6.33. The molecular formula is C16H18N4O2S3. The summed E-state index contributed by atoms with van der Waals surface area (Å²) in [6.45, 7) is 5.00. The van der Waals surface area contributed by atoms with Crippen LogP contribution in [-0.4, -0.2) is 38.1 Å². The molecule has 9 heteroatoms. The smallest absolute Gasteiger partial charge is 0.316 e. The number of para-hydroxylation sites is 1. The highest BCUT2D eigenvalue weighted by atomic mass is 32.2. The monoisotopic (exact) mass is 394 g/mol. The number of rotatable bonds is 8. The Hall–Kier alpha value is -1.58. The number of nitrogens with zero attached hydrogens (tertiary/aromatic N) is 4. The van der Waals surface area contributed by atoms with Crippen molar-refractivity contribution in [3.63, 3.8) is 0 Å². The molecule has 0 spiro atoms. The molecule has 0 radical (unpaired) electrons. The Morgan fingerprint density at radius 3 is 2.84 bits per heavy atom. The summed E-state index contributed by atoms with van der Waals surface area (Å²) in [7, 11) is 0. The van der Waals surface area contributed by atoms with Crippen molar-refractivity contribution in [3.8, 4) is 0 Å². The first-order valence-electron chi connectivity index (χ1n) is 7.90. The minimum absolute atomic E-state index is 0.233. The summed E-state index contributed by atoms with van der Waals surface area (Å²) in [4.78, 5) is 16.1. The van der Waals surface area contributed by atoms with E-state index in [-0.39, 0.29) is 11.7 Å². The number of benzene rings is 1. The molecule has 0 N–H and O–H groups in total. The molecule has 0 aliphatic heterocycles. The summed E-state index contributed by atoms with van der Waals surface area (Å²) in [6.07, 6.45) is 0. The maximum absolute atomic E-state index is 11.5. The van der Waals surface area contributed by atoms with Crippen LogP contribution in [-0.2, 0) is 21.8 Å². The zero-order valence-corrected chi connectivity index (χ0v) is 16.4. The molecule has 0 unspecified atom stereocenters. The van der Waals surface area contributed by atoms with E-state index < -0.39 is 0 Å². The minimum Gasteiger partial charge on any atom is -0.465 e. The minimum atomic E-state index is -0.233. The van der Waals surface area contributed by atoms with Crippen molar-refractivity contribution in [2.45, 2.75) is 35.6 Å². The van der Waals surface area contributed by atoms with E-state index in [4.69, 9.17) is 4.74 Å². The van der Waals surface area contributed by atoms with E-state index in [1.807, 2.05) is 29.7 Å². The summed E-state index contributed by atoms with van der Waals surface area (Å²) < 4.78 is 9.19. The molecule has 3 aromatic rings. The maximum Gasteiger partial charge on any atom is 0.316 e. The summed E-state index contributed by atoms with van der Waals surface area (Å²) in [5.41, 5.74) is 1.03. The zero-order chi connectivity index (χ0) is 17.6. The second kappa shape index (κ2) is 8.68. The number of ether oxygens (including phenoxy) is 1. The Balaban J connectivity index is 1.65. The summed E-state index contributed by atoms with van der Waals surface area (Å²) >= 11 is 4.70. The van der Waals surface area contributed by atoms with Gasteiger partial charge in [-0.2, -0.15) is 0 Å². The quantitative estimate of drug-likeness (QED) is 0.424. The van der Waals surface area contributed by atoms with E-state index in [2.05, 4.69) is 21.2 Å². The molecule has 0 aliphatic rings. The number of carbonyl (C=O) groups excluding carboxylic acids is 1. The van der Waals surface area contributed by atoms with Gasteiger partial charge in [0.1, 0.15) is 5.82 Å². The number of fused-ring (bicyclic) bond motifs is 1. The Morgan fingerprint density at radius 2 is 2.08 bits per heavy atom. The van der Waals surface area contributed by atoms with Crippen molar-refractivity contribution in [2.75, 3.05) is 12.4 Å². The van der Waals surface area contributed by atoms with Gasteiger partial charge in [-0.25, -0.2) is 4.98 Å². The van der Waals surface area contributed by atoms with E-state index in [0.717, 1.165) is 27.4 Å². The predicted molar refractivity (Wildman–Crippen MR) is 102 cm³/mol. The average molecular weight is 395 g/mol. The largest absolute Gasteiger partial charge is 0.465 e. The topological polar surface area (TPSA) is 69.9 Å². The van der Waals surface area contributed by atoms with Crippen molar-refractivity contribution in [3.05, 3.63) is 30.1 Å². The Morgan fingerprint density at radius 1 is 1.24 bits per heavy atom. The van der Waals surface area contributed by atoms with E-state index >= 15 is 0 Å². The van der Waals surface area contributed by atoms with Gasteiger partial charge in [0.2, 0.25) is 0 Å². The summed E-state index contributed by atoms with van der Waals surface area (Å²) in [5.74, 6) is 1.60. The first-order valence-corrected chi connectivity index (χ1v) is 10.7. The number of hydrogen-bond acceptors (Lipinski definition) is 8. The lowest BCUT2D eigenvalue weighted by Crippen LogP contribution is -2.08. The van der Waals surface area contributed by atoms with Crippen LogP contribution >= 0.6 is 34.9 Å². The van der Waals surface area contributed by atoms with Gasteiger partial charge < -0.3 is 9.30 Å². The van der Waals surface area contributed by atoms with Gasteiger partial charge in [-0.15, -0.1) is 21.5 Å². The van der Waals surface area contributed by atoms with Crippen LogP contribution < -0.4 is 0 Å². The zero-order valence-electron chi connectivity index (χ0n) is 14.0. The second-order valence-electron chi connectivity index (χ2n) is 4.97. The fourth-order valence-corrected chi connectivity index (χ4v) is 5.04. The van der Waals surface area contributed by atoms with Gasteiger partial charge in [-0.3, -0.25) is 4.79 Å². The molecule has 0 atom stereocenters. The lowest BCUT2D eigenvalue weighted by atomic mass is 10.3. The molecule has 6 nitrogen and oxygen atoms in total. The number of esters is 1. The molecule has 25 heavy (non-hydrogen) atoms. The molecule has 0 saturated heterocycles. The van der Waals surface area contributed by atoms with Crippen LogP contribution in [0.5, 0.6) is 0 Å². The van der Waals surface area contributed by atoms with Crippen LogP contribution in [0.25, 0.3) is 10.2 Å². The highest BCUT2D eigenvalue weighted by Gasteiger charge is 2.14. The molecule has 2 aromatic heterocycles. The maximum atomic E-state index is 11.5. The van der Waals surface area contributed by atoms with E-state index in [1.54, 1.807) is 30.0 Å². The number of aromatic nitrogens is 4. The van der Waals surface area contributed by atoms with Crippen molar-refractivity contribution in [2.24, 2.45) is 0 Å². The molecule has 1 aromatic carbocycles. The van der Waals surface area contributed by atoms with Gasteiger partial charge in [0.05, 0.1) is 28.3 Å². The number of hydrogen-bond donors (Lipinski definition) is 0. The fraction of sp³-hybridized carbons (Fsp3) is 0.375. The van der Waals surface area contributed by atoms with E-state index in [9.17, 15) is 4.79 Å². The van der Waals surface area contributed by atoms with Crippen LogP contribution in [0, 0.1) is 0 Å². The SMILES string of the molecule is CCOC(=O)CSc1nnc(CSc2nc3ccccc3s2)n1CC. The Bertz CT molecular complexity index is 829. The van der Waals surface area contributed by atoms with Crippen molar-refractivity contribution >= 4 is 51.0 Å². The van der Waals surface area contributed by atoms with Crippen molar-refractivity contribution < 1.29 is 9.53 Å². The highest BCUT2D eigenvalue weighted by Crippen LogP contribution is 2.31. The number of carbonyl (C=O) groups is 1. The van der Waals surface area contributed by atoms with Gasteiger partial charge in [-0.1, -0.05) is 35.7 Å². The van der Waals surface area contributed by atoms with Crippen LogP contribution in [0.15, 0.2) is 33.8 Å². The Labute approximate surface area is 158 Å². The summed E-state index contributed by atoms with van der Waals surface area (Å²) in [6, 6.07) is 8.12. The van der Waals surface area contributed by atoms with Crippen LogP contribution in [0.1, 0.15) is 19.7 Å². The van der Waals surface area contributed by atoms with Gasteiger partial charge in [0.15, 0.2) is 9.50 Å². The van der Waals surface area contributed by atoms with Crippen LogP contribution in [0.2, 0.25) is 0 Å². The molecular weight excluding hydrogens is 376 g/mol. The van der Waals surface area contributed by atoms with Gasteiger partial charge in [0.25, 0.3) is 0 Å². The molecule has 0 saturated carbocycles. The molecule has 0 fully saturated rings. The van der Waals surface area contributed by atoms with Crippen LogP contribution in [0.4, 0.5) is 0 Å². The lowest BCUT2D eigenvalue weighted by molar-refractivity contribution is -0.139. The fourth-order valence-electron chi connectivity index (χ4n) is 2.22. The van der Waals surface area contributed by atoms with E-state index in [1.165, 1.54) is 16.5 Å². The van der Waals surface area contributed by atoms with Gasteiger partial charge in [0, 0.05) is 6.54 Å². The lowest BCUT2D eigenvalue weighted by Gasteiger charge is -2.06. The predicted octanol–water partition coefficient (Wildman–Crippen LogP) is 3.86. The van der Waals surface area contributed by atoms with E-state index in [0.29, 0.717) is 12.4 Å². The van der Waals surface area contributed by atoms with Crippen molar-refractivity contribution in [1.82, 2.24) is 19.7 Å². The third-order valence-corrected chi connectivity index (χ3v) is 6.45. The normalized spacial score (nSPS) is 11.1. The molecule has 2 heterocycles. The molecule has 0 aliphatic carbocycles. The van der Waals surface area contributed by atoms with Crippen molar-refractivity contribution in [1.29, 1.82) is 0 Å². The first-order chi connectivity index (χ1) is 12.2. The third-order valence-electron chi connectivity index (χ3n) is 3.33. The van der Waals surface area contributed by atoms with Gasteiger partial charge in [-0.05, 0) is 26.0 Å². The molecule has 3 rings (SSSR count). The summed E-state index contributed by atoms with van der Waals surface area (Å²) in [5, 5.41) is 9.23. The molecule has 0 bridgehead atoms.